The fraction of sp³-hybridized carbons (Fsp3) is 0.286. The summed E-state index contributed by atoms with van der Waals surface area (Å²) in [6.45, 7) is 2.38. The molecule has 0 amide bonds. The van der Waals surface area contributed by atoms with Crippen LogP contribution in [0.4, 0.5) is 11.6 Å². The van der Waals surface area contributed by atoms with E-state index in [1.54, 1.807) is 7.11 Å². The molecule has 6 heteroatoms. The van der Waals surface area contributed by atoms with Crippen molar-refractivity contribution in [2.24, 2.45) is 0 Å². The number of halogens is 1. The van der Waals surface area contributed by atoms with Crippen LogP contribution in [-0.2, 0) is 6.54 Å². The first-order valence-corrected chi connectivity index (χ1v) is 6.60. The van der Waals surface area contributed by atoms with Crippen LogP contribution in [0.15, 0.2) is 24.3 Å². The quantitative estimate of drug-likeness (QED) is 0.887. The molecule has 0 aliphatic carbocycles. The Bertz CT molecular complexity index is 604. The van der Waals surface area contributed by atoms with Crippen LogP contribution in [0, 0.1) is 6.92 Å². The lowest BCUT2D eigenvalue weighted by atomic mass is 10.2. The van der Waals surface area contributed by atoms with Crippen molar-refractivity contribution < 1.29 is 4.74 Å². The summed E-state index contributed by atoms with van der Waals surface area (Å²) in [4.78, 5) is 8.58. The van der Waals surface area contributed by atoms with Gasteiger partial charge in [-0.2, -0.15) is 0 Å². The Morgan fingerprint density at radius 2 is 2.00 bits per heavy atom. The Morgan fingerprint density at radius 3 is 2.70 bits per heavy atom. The van der Waals surface area contributed by atoms with E-state index in [1.807, 2.05) is 38.2 Å². The minimum absolute atomic E-state index is 0.530. The van der Waals surface area contributed by atoms with Gasteiger partial charge in [0.25, 0.3) is 0 Å². The SMILES string of the molecule is CNc1cc(NCc2c(Cl)cccc2OC)nc(C)n1. The maximum atomic E-state index is 6.20. The van der Waals surface area contributed by atoms with Crippen molar-refractivity contribution in [3.05, 3.63) is 40.7 Å². The number of methoxy groups -OCH3 is 1. The highest BCUT2D eigenvalue weighted by Gasteiger charge is 2.08. The van der Waals surface area contributed by atoms with E-state index in [4.69, 9.17) is 16.3 Å². The van der Waals surface area contributed by atoms with E-state index in [2.05, 4.69) is 20.6 Å². The molecule has 0 saturated carbocycles. The second-order valence-corrected chi connectivity index (χ2v) is 4.62. The zero-order valence-corrected chi connectivity index (χ0v) is 12.5. The van der Waals surface area contributed by atoms with Crippen LogP contribution in [0.1, 0.15) is 11.4 Å². The van der Waals surface area contributed by atoms with Gasteiger partial charge in [-0.25, -0.2) is 9.97 Å². The lowest BCUT2D eigenvalue weighted by Crippen LogP contribution is -2.06. The Labute approximate surface area is 123 Å². The molecule has 106 valence electrons. The van der Waals surface area contributed by atoms with E-state index >= 15 is 0 Å². The summed E-state index contributed by atoms with van der Waals surface area (Å²) in [5.74, 6) is 2.96. The lowest BCUT2D eigenvalue weighted by molar-refractivity contribution is 0.410. The van der Waals surface area contributed by atoms with Crippen LogP contribution >= 0.6 is 11.6 Å². The number of hydrogen-bond donors (Lipinski definition) is 2. The van der Waals surface area contributed by atoms with E-state index < -0.39 is 0 Å². The Balaban J connectivity index is 2.19. The molecule has 0 saturated heterocycles. The van der Waals surface area contributed by atoms with Crippen molar-refractivity contribution in [3.63, 3.8) is 0 Å². The Morgan fingerprint density at radius 1 is 1.25 bits per heavy atom. The molecule has 0 spiro atoms. The average molecular weight is 293 g/mol. The molecule has 1 aromatic heterocycles. The first-order chi connectivity index (χ1) is 9.63. The number of nitrogens with one attached hydrogen (secondary N) is 2. The van der Waals surface area contributed by atoms with Crippen LogP contribution in [0.25, 0.3) is 0 Å². The molecule has 1 heterocycles. The Kier molecular flexibility index (Phi) is 4.63. The summed E-state index contributed by atoms with van der Waals surface area (Å²) in [6, 6.07) is 7.42. The maximum absolute atomic E-state index is 6.20. The zero-order chi connectivity index (χ0) is 14.5. The van der Waals surface area contributed by atoms with Crippen molar-refractivity contribution in [3.8, 4) is 5.75 Å². The third-order valence-corrected chi connectivity index (χ3v) is 3.19. The number of benzene rings is 1. The molecule has 0 aliphatic rings. The van der Waals surface area contributed by atoms with Gasteiger partial charge in [-0.15, -0.1) is 0 Å². The van der Waals surface area contributed by atoms with Crippen molar-refractivity contribution >= 4 is 23.2 Å². The van der Waals surface area contributed by atoms with Gasteiger partial charge in [0.05, 0.1) is 7.11 Å². The van der Waals surface area contributed by atoms with Gasteiger partial charge in [0.1, 0.15) is 23.2 Å². The number of rotatable bonds is 5. The normalized spacial score (nSPS) is 10.2. The fourth-order valence-corrected chi connectivity index (χ4v) is 2.10. The molecule has 0 unspecified atom stereocenters. The van der Waals surface area contributed by atoms with Crippen molar-refractivity contribution in [2.45, 2.75) is 13.5 Å². The predicted octanol–water partition coefficient (Wildman–Crippen LogP) is 3.10. The largest absolute Gasteiger partial charge is 0.496 e. The van der Waals surface area contributed by atoms with E-state index in [1.165, 1.54) is 0 Å². The van der Waals surface area contributed by atoms with E-state index in [-0.39, 0.29) is 0 Å². The van der Waals surface area contributed by atoms with Gasteiger partial charge in [0.2, 0.25) is 0 Å². The predicted molar refractivity (Wildman–Crippen MR) is 81.6 cm³/mol. The second kappa shape index (κ2) is 6.43. The van der Waals surface area contributed by atoms with Gasteiger partial charge in [-0.1, -0.05) is 17.7 Å². The van der Waals surface area contributed by atoms with Crippen LogP contribution in [0.2, 0.25) is 5.02 Å². The molecular weight excluding hydrogens is 276 g/mol. The molecule has 0 aliphatic heterocycles. The summed E-state index contributed by atoms with van der Waals surface area (Å²) < 4.78 is 5.31. The smallest absolute Gasteiger partial charge is 0.132 e. The van der Waals surface area contributed by atoms with E-state index in [9.17, 15) is 0 Å². The minimum atomic E-state index is 0.530. The highest BCUT2D eigenvalue weighted by Crippen LogP contribution is 2.27. The number of aryl methyl sites for hydroxylation is 1. The molecule has 1 aromatic carbocycles. The summed E-state index contributed by atoms with van der Waals surface area (Å²) in [5.41, 5.74) is 0.902. The first kappa shape index (κ1) is 14.4. The average Bonchev–Trinajstić information content (AvgIpc) is 2.45. The summed E-state index contributed by atoms with van der Waals surface area (Å²) >= 11 is 6.20. The molecule has 0 bridgehead atoms. The number of ether oxygens (including phenoxy) is 1. The molecule has 20 heavy (non-hydrogen) atoms. The number of hydrogen-bond acceptors (Lipinski definition) is 5. The number of nitrogens with zero attached hydrogens (tertiary/aromatic N) is 2. The summed E-state index contributed by atoms with van der Waals surface area (Å²) in [6.07, 6.45) is 0. The molecule has 2 aromatic rings. The van der Waals surface area contributed by atoms with Crippen LogP contribution in [0.3, 0.4) is 0 Å². The maximum Gasteiger partial charge on any atom is 0.132 e. The van der Waals surface area contributed by atoms with Gasteiger partial charge < -0.3 is 15.4 Å². The van der Waals surface area contributed by atoms with Crippen LogP contribution in [0.5, 0.6) is 5.75 Å². The third kappa shape index (κ3) is 3.30. The first-order valence-electron chi connectivity index (χ1n) is 6.22. The van der Waals surface area contributed by atoms with Crippen molar-refractivity contribution in [1.82, 2.24) is 9.97 Å². The molecule has 0 fully saturated rings. The highest BCUT2D eigenvalue weighted by molar-refractivity contribution is 6.31. The van der Waals surface area contributed by atoms with Gasteiger partial charge in [-0.3, -0.25) is 0 Å². The lowest BCUT2D eigenvalue weighted by Gasteiger charge is -2.12. The van der Waals surface area contributed by atoms with Crippen molar-refractivity contribution in [2.75, 3.05) is 24.8 Å². The topological polar surface area (TPSA) is 59.1 Å². The van der Waals surface area contributed by atoms with E-state index in [0.29, 0.717) is 17.4 Å². The second-order valence-electron chi connectivity index (χ2n) is 4.21. The standard InChI is InChI=1S/C14H17ClN4O/c1-9-18-13(16-2)7-14(19-9)17-8-10-11(15)5-4-6-12(10)20-3/h4-7H,8H2,1-3H3,(H2,16,17,18,19). The molecule has 0 radical (unpaired) electrons. The Hall–Kier alpha value is -2.01. The molecule has 2 rings (SSSR count). The highest BCUT2D eigenvalue weighted by atomic mass is 35.5. The monoisotopic (exact) mass is 292 g/mol. The van der Waals surface area contributed by atoms with Crippen molar-refractivity contribution in [1.29, 1.82) is 0 Å². The van der Waals surface area contributed by atoms with Gasteiger partial charge >= 0.3 is 0 Å². The van der Waals surface area contributed by atoms with Crippen LogP contribution < -0.4 is 15.4 Å². The molecule has 2 N–H and O–H groups in total. The molecular formula is C14H17ClN4O. The number of aromatic nitrogens is 2. The zero-order valence-electron chi connectivity index (χ0n) is 11.7. The van der Waals surface area contributed by atoms with E-state index in [0.717, 1.165) is 22.9 Å². The number of anilines is 2. The van der Waals surface area contributed by atoms with Gasteiger partial charge in [-0.05, 0) is 19.1 Å². The summed E-state index contributed by atoms with van der Waals surface area (Å²) in [5, 5.41) is 6.90. The fourth-order valence-electron chi connectivity index (χ4n) is 1.87. The molecule has 0 atom stereocenters. The van der Waals surface area contributed by atoms with Gasteiger partial charge in [0, 0.05) is 30.2 Å². The third-order valence-electron chi connectivity index (χ3n) is 2.84. The summed E-state index contributed by atoms with van der Waals surface area (Å²) in [7, 11) is 3.45. The molecule has 5 nitrogen and oxygen atoms in total. The van der Waals surface area contributed by atoms with Gasteiger partial charge in [0.15, 0.2) is 0 Å². The van der Waals surface area contributed by atoms with Crippen LogP contribution in [-0.4, -0.2) is 24.1 Å². The minimum Gasteiger partial charge on any atom is -0.496 e.